The van der Waals surface area contributed by atoms with Crippen molar-refractivity contribution in [1.82, 2.24) is 25.2 Å². The lowest BCUT2D eigenvalue weighted by Gasteiger charge is -2.28. The summed E-state index contributed by atoms with van der Waals surface area (Å²) >= 11 is 0. The highest BCUT2D eigenvalue weighted by Crippen LogP contribution is 2.33. The second kappa shape index (κ2) is 8.21. The van der Waals surface area contributed by atoms with Crippen molar-refractivity contribution in [3.63, 3.8) is 0 Å². The molecule has 4 rings (SSSR count). The molecule has 7 nitrogen and oxygen atoms in total. The number of nitrogens with one attached hydrogen (secondary N) is 1. The Morgan fingerprint density at radius 3 is 2.52 bits per heavy atom. The topological polar surface area (TPSA) is 80.1 Å². The van der Waals surface area contributed by atoms with Crippen LogP contribution >= 0.6 is 0 Å². The van der Waals surface area contributed by atoms with Crippen LogP contribution in [0.4, 0.5) is 13.2 Å². The maximum atomic E-state index is 13.3. The van der Waals surface area contributed by atoms with Crippen molar-refractivity contribution in [2.45, 2.75) is 18.6 Å². The largest absolute Gasteiger partial charge is 0.418 e. The molecule has 1 atom stereocenters. The van der Waals surface area contributed by atoms with E-state index in [1.54, 1.807) is 0 Å². The highest BCUT2D eigenvalue weighted by molar-refractivity contribution is 5.93. The molecule has 1 N–H and O–H groups in total. The summed E-state index contributed by atoms with van der Waals surface area (Å²) in [6.07, 6.45) is -3.34. The number of aromatic nitrogens is 3. The fourth-order valence-corrected chi connectivity index (χ4v) is 3.59. The number of halogens is 3. The third-order valence-electron chi connectivity index (χ3n) is 5.04. The Hall–Kier alpha value is -3.69. The highest BCUT2D eigenvalue weighted by atomic mass is 19.4. The van der Waals surface area contributed by atoms with Crippen LogP contribution in [-0.2, 0) is 11.0 Å². The van der Waals surface area contributed by atoms with Gasteiger partial charge in [0.25, 0.3) is 5.91 Å². The number of carbonyl (C=O) groups is 2. The van der Waals surface area contributed by atoms with Crippen molar-refractivity contribution in [3.05, 3.63) is 77.6 Å². The first-order valence-corrected chi connectivity index (χ1v) is 9.56. The summed E-state index contributed by atoms with van der Waals surface area (Å²) < 4.78 is 40.9. The Morgan fingerprint density at radius 2 is 1.77 bits per heavy atom. The number of rotatable bonds is 3. The number of benzene rings is 2. The van der Waals surface area contributed by atoms with Gasteiger partial charge in [0.15, 0.2) is 5.69 Å². The van der Waals surface area contributed by atoms with Gasteiger partial charge in [-0.25, -0.2) is 4.68 Å². The lowest BCUT2D eigenvalue weighted by Crippen LogP contribution is -2.36. The molecule has 1 saturated heterocycles. The molecule has 3 aromatic rings. The third-order valence-corrected chi connectivity index (χ3v) is 5.04. The van der Waals surface area contributed by atoms with Gasteiger partial charge in [-0.1, -0.05) is 47.7 Å². The van der Waals surface area contributed by atoms with Crippen LogP contribution in [-0.4, -0.2) is 44.8 Å². The van der Waals surface area contributed by atoms with Crippen LogP contribution in [0.1, 0.15) is 34.1 Å². The molecule has 10 heteroatoms. The molecule has 0 aliphatic carbocycles. The van der Waals surface area contributed by atoms with Crippen LogP contribution in [0.2, 0.25) is 0 Å². The zero-order chi connectivity index (χ0) is 22.0. The minimum absolute atomic E-state index is 0.0702. The van der Waals surface area contributed by atoms with Gasteiger partial charge in [-0.15, -0.1) is 5.10 Å². The fraction of sp³-hybridized carbons (Fsp3) is 0.238. The smallest absolute Gasteiger partial charge is 0.354 e. The van der Waals surface area contributed by atoms with Crippen LogP contribution in [0.5, 0.6) is 0 Å². The Kier molecular flexibility index (Phi) is 5.45. The summed E-state index contributed by atoms with van der Waals surface area (Å²) in [5.41, 5.74) is -0.436. The number of carbonyl (C=O) groups excluding carboxylic acids is 2. The van der Waals surface area contributed by atoms with E-state index in [1.807, 2.05) is 30.3 Å². The quantitative estimate of drug-likeness (QED) is 0.694. The van der Waals surface area contributed by atoms with Crippen molar-refractivity contribution in [2.75, 3.05) is 13.1 Å². The second-order valence-electron chi connectivity index (χ2n) is 7.04. The predicted molar refractivity (Wildman–Crippen MR) is 104 cm³/mol. The van der Waals surface area contributed by atoms with Crippen molar-refractivity contribution in [3.8, 4) is 5.69 Å². The van der Waals surface area contributed by atoms with Crippen molar-refractivity contribution in [2.24, 2.45) is 0 Å². The molecule has 2 amide bonds. The summed E-state index contributed by atoms with van der Waals surface area (Å²) in [7, 11) is 0. The Morgan fingerprint density at radius 1 is 1.06 bits per heavy atom. The lowest BCUT2D eigenvalue weighted by molar-refractivity contribution is -0.137. The van der Waals surface area contributed by atoms with Crippen LogP contribution in [0.15, 0.2) is 60.8 Å². The highest BCUT2D eigenvalue weighted by Gasteiger charge is 2.35. The molecule has 1 aromatic heterocycles. The molecule has 0 radical (unpaired) electrons. The van der Waals surface area contributed by atoms with Crippen LogP contribution in [0.3, 0.4) is 0 Å². The van der Waals surface area contributed by atoms with Crippen LogP contribution < -0.4 is 5.32 Å². The summed E-state index contributed by atoms with van der Waals surface area (Å²) in [6.45, 7) is 0.495. The Balaban J connectivity index is 1.67. The molecule has 0 bridgehead atoms. The van der Waals surface area contributed by atoms with Gasteiger partial charge in [-0.2, -0.15) is 13.2 Å². The molecular weight excluding hydrogens is 411 g/mol. The SMILES string of the molecule is O=C1CC(c2ccccc2)N(C(=O)c2cn(-c3ccccc3C(F)(F)F)nn2)CCN1. The average molecular weight is 429 g/mol. The van der Waals surface area contributed by atoms with Gasteiger partial charge < -0.3 is 10.2 Å². The molecule has 1 aliphatic rings. The monoisotopic (exact) mass is 429 g/mol. The van der Waals surface area contributed by atoms with E-state index >= 15 is 0 Å². The number of para-hydroxylation sites is 1. The summed E-state index contributed by atoms with van der Waals surface area (Å²) in [5, 5.41) is 10.3. The molecule has 1 unspecified atom stereocenters. The minimum atomic E-state index is -4.58. The van der Waals surface area contributed by atoms with E-state index in [9.17, 15) is 22.8 Å². The standard InChI is InChI=1S/C21H18F3N5O2/c22-21(23,24)15-8-4-5-9-17(15)29-13-16(26-27-29)20(31)28-11-10-25-19(30)12-18(28)14-6-2-1-3-7-14/h1-9,13,18H,10-12H2,(H,25,30). The van der Waals surface area contributed by atoms with E-state index in [0.717, 1.165) is 16.3 Å². The Labute approximate surface area is 175 Å². The van der Waals surface area contributed by atoms with Crippen molar-refractivity contribution < 1.29 is 22.8 Å². The summed E-state index contributed by atoms with van der Waals surface area (Å²) in [6, 6.07) is 13.5. The van der Waals surface area contributed by atoms with Crippen LogP contribution in [0.25, 0.3) is 5.69 Å². The molecule has 2 aromatic carbocycles. The molecular formula is C21H18F3N5O2. The molecule has 160 valence electrons. The second-order valence-corrected chi connectivity index (χ2v) is 7.04. The zero-order valence-corrected chi connectivity index (χ0v) is 16.2. The van der Waals surface area contributed by atoms with Gasteiger partial charge in [-0.05, 0) is 17.7 Å². The van der Waals surface area contributed by atoms with E-state index in [-0.39, 0.29) is 36.8 Å². The number of alkyl halides is 3. The molecule has 1 fully saturated rings. The maximum absolute atomic E-state index is 13.3. The summed E-state index contributed by atoms with van der Waals surface area (Å²) in [4.78, 5) is 26.8. The maximum Gasteiger partial charge on any atom is 0.418 e. The van der Waals surface area contributed by atoms with E-state index in [0.29, 0.717) is 0 Å². The normalized spacial score (nSPS) is 17.2. The van der Waals surface area contributed by atoms with Gasteiger partial charge >= 0.3 is 6.18 Å². The first-order valence-electron chi connectivity index (χ1n) is 9.56. The number of hydrogen-bond acceptors (Lipinski definition) is 4. The average Bonchev–Trinajstić information content (AvgIpc) is 3.17. The van der Waals surface area contributed by atoms with Gasteiger partial charge in [0.1, 0.15) is 0 Å². The fourth-order valence-electron chi connectivity index (χ4n) is 3.59. The van der Waals surface area contributed by atoms with Crippen molar-refractivity contribution in [1.29, 1.82) is 0 Å². The minimum Gasteiger partial charge on any atom is -0.354 e. The molecule has 1 aliphatic heterocycles. The molecule has 0 spiro atoms. The first-order chi connectivity index (χ1) is 14.8. The number of nitrogens with zero attached hydrogens (tertiary/aromatic N) is 4. The van der Waals surface area contributed by atoms with Crippen LogP contribution in [0, 0.1) is 0 Å². The molecule has 2 heterocycles. The predicted octanol–water partition coefficient (Wildman–Crippen LogP) is 2.99. The van der Waals surface area contributed by atoms with Gasteiger partial charge in [-0.3, -0.25) is 9.59 Å². The number of amides is 2. The summed E-state index contributed by atoms with van der Waals surface area (Å²) in [5.74, 6) is -0.701. The molecule has 0 saturated carbocycles. The van der Waals surface area contributed by atoms with Gasteiger partial charge in [0.05, 0.1) is 29.9 Å². The van der Waals surface area contributed by atoms with E-state index in [4.69, 9.17) is 0 Å². The first kappa shape index (κ1) is 20.6. The van der Waals surface area contributed by atoms with Gasteiger partial charge in [0, 0.05) is 13.1 Å². The van der Waals surface area contributed by atoms with Gasteiger partial charge in [0.2, 0.25) is 5.91 Å². The van der Waals surface area contributed by atoms with Crippen molar-refractivity contribution >= 4 is 11.8 Å². The third kappa shape index (κ3) is 4.27. The molecule has 31 heavy (non-hydrogen) atoms. The lowest BCUT2D eigenvalue weighted by atomic mass is 10.0. The zero-order valence-electron chi connectivity index (χ0n) is 16.2. The van der Waals surface area contributed by atoms with E-state index < -0.39 is 23.7 Å². The Bertz CT molecular complexity index is 1100. The van der Waals surface area contributed by atoms with E-state index in [1.165, 1.54) is 29.3 Å². The van der Waals surface area contributed by atoms with E-state index in [2.05, 4.69) is 15.6 Å². The number of hydrogen-bond donors (Lipinski definition) is 1.